The molecule has 0 unspecified atom stereocenters. The molecule has 6 nitrogen and oxygen atoms in total. The molecule has 1 spiro atoms. The Morgan fingerprint density at radius 2 is 1.52 bits per heavy atom. The number of anilines is 1. The van der Waals surface area contributed by atoms with Crippen molar-refractivity contribution in [2.24, 2.45) is 0 Å². The first kappa shape index (κ1) is 14.5. The van der Waals surface area contributed by atoms with Crippen molar-refractivity contribution in [2.45, 2.75) is 63.6 Å². The maximum atomic E-state index is 12.0. The van der Waals surface area contributed by atoms with E-state index in [0.717, 1.165) is 55.5 Å². The van der Waals surface area contributed by atoms with Crippen molar-refractivity contribution in [3.8, 4) is 0 Å². The number of esters is 2. The van der Waals surface area contributed by atoms with Crippen molar-refractivity contribution in [1.82, 2.24) is 4.98 Å². The Kier molecular flexibility index (Phi) is 3.28. The zero-order valence-electron chi connectivity index (χ0n) is 13.0. The number of pyridine rings is 1. The number of hydrogen-bond acceptors (Lipinski definition) is 6. The van der Waals surface area contributed by atoms with Gasteiger partial charge in [-0.1, -0.05) is 0 Å². The van der Waals surface area contributed by atoms with Crippen LogP contribution in [0.4, 0.5) is 5.69 Å². The molecule has 122 valence electrons. The fourth-order valence-corrected chi connectivity index (χ4v) is 3.95. The Morgan fingerprint density at radius 1 is 0.870 bits per heavy atom. The molecule has 0 saturated carbocycles. The third-order valence-corrected chi connectivity index (χ3v) is 4.98. The summed E-state index contributed by atoms with van der Waals surface area (Å²) in [5.41, 5.74) is 10.6. The third-order valence-electron chi connectivity index (χ3n) is 4.98. The van der Waals surface area contributed by atoms with E-state index in [0.29, 0.717) is 17.7 Å². The lowest BCUT2D eigenvalue weighted by Gasteiger charge is -2.37. The van der Waals surface area contributed by atoms with Gasteiger partial charge >= 0.3 is 11.9 Å². The minimum absolute atomic E-state index is 0.0498. The van der Waals surface area contributed by atoms with Gasteiger partial charge in [0, 0.05) is 17.8 Å². The summed E-state index contributed by atoms with van der Waals surface area (Å²) < 4.78 is 11.2. The van der Waals surface area contributed by atoms with Crippen LogP contribution in [0.15, 0.2) is 0 Å². The van der Waals surface area contributed by atoms with E-state index in [1.807, 2.05) is 0 Å². The van der Waals surface area contributed by atoms with Gasteiger partial charge in [-0.05, 0) is 44.1 Å². The van der Waals surface area contributed by atoms with Gasteiger partial charge in [0.1, 0.15) is 0 Å². The van der Waals surface area contributed by atoms with Crippen LogP contribution >= 0.6 is 0 Å². The van der Waals surface area contributed by atoms with Crippen LogP contribution in [0.1, 0.15) is 61.0 Å². The Labute approximate surface area is 134 Å². The average molecular weight is 316 g/mol. The molecule has 0 bridgehead atoms. The maximum Gasteiger partial charge on any atom is 0.309 e. The van der Waals surface area contributed by atoms with Crippen LogP contribution < -0.4 is 5.73 Å². The fraction of sp³-hybridized carbons (Fsp3) is 0.588. The highest BCUT2D eigenvalue weighted by molar-refractivity contribution is 5.80. The molecular formula is C17H20N2O4. The smallest absolute Gasteiger partial charge is 0.309 e. The summed E-state index contributed by atoms with van der Waals surface area (Å²) in [5.74, 6) is -2.21. The molecular weight excluding hydrogens is 296 g/mol. The first-order valence-corrected chi connectivity index (χ1v) is 8.33. The number of carbonyl (C=O) groups excluding carboxylic acids is 2. The highest BCUT2D eigenvalue weighted by Gasteiger charge is 2.48. The van der Waals surface area contributed by atoms with Crippen LogP contribution in [0.5, 0.6) is 0 Å². The van der Waals surface area contributed by atoms with E-state index >= 15 is 0 Å². The minimum Gasteiger partial charge on any atom is -0.418 e. The van der Waals surface area contributed by atoms with Gasteiger partial charge in [-0.15, -0.1) is 0 Å². The van der Waals surface area contributed by atoms with Gasteiger partial charge in [-0.25, -0.2) is 0 Å². The van der Waals surface area contributed by atoms with Crippen molar-refractivity contribution in [3.63, 3.8) is 0 Å². The Hall–Kier alpha value is -2.11. The topological polar surface area (TPSA) is 91.5 Å². The second-order valence-corrected chi connectivity index (χ2v) is 6.53. The number of rotatable bonds is 0. The molecule has 0 radical (unpaired) electrons. The Balaban J connectivity index is 1.90. The van der Waals surface area contributed by atoms with Crippen LogP contribution in [0.25, 0.3) is 0 Å². The van der Waals surface area contributed by atoms with E-state index in [4.69, 9.17) is 20.2 Å². The number of ether oxygens (including phenoxy) is 2. The standard InChI is InChI=1S/C17H20N2O4/c18-16-10-4-1-2-5-11(10)19-12-6-3-9-17(15(12)16)22-13(20)7-8-14(21)23-17/h1-9H2,(H2,18,19). The molecule has 0 amide bonds. The van der Waals surface area contributed by atoms with Crippen molar-refractivity contribution in [2.75, 3.05) is 5.73 Å². The van der Waals surface area contributed by atoms with Gasteiger partial charge in [0.15, 0.2) is 0 Å². The van der Waals surface area contributed by atoms with Crippen molar-refractivity contribution >= 4 is 17.6 Å². The second-order valence-electron chi connectivity index (χ2n) is 6.53. The van der Waals surface area contributed by atoms with Crippen molar-refractivity contribution in [3.05, 3.63) is 22.5 Å². The Morgan fingerprint density at radius 3 is 2.26 bits per heavy atom. The number of nitrogen functional groups attached to an aromatic ring is 1. The monoisotopic (exact) mass is 316 g/mol. The van der Waals surface area contributed by atoms with E-state index in [-0.39, 0.29) is 12.8 Å². The van der Waals surface area contributed by atoms with Crippen LogP contribution in [0, 0.1) is 0 Å². The summed E-state index contributed by atoms with van der Waals surface area (Å²) in [6.07, 6.45) is 6.06. The number of aromatic nitrogens is 1. The quantitative estimate of drug-likeness (QED) is 0.735. The first-order chi connectivity index (χ1) is 11.1. The summed E-state index contributed by atoms with van der Waals surface area (Å²) in [4.78, 5) is 28.8. The molecule has 23 heavy (non-hydrogen) atoms. The highest BCUT2D eigenvalue weighted by atomic mass is 16.7. The molecule has 2 heterocycles. The van der Waals surface area contributed by atoms with E-state index in [9.17, 15) is 9.59 Å². The molecule has 6 heteroatoms. The van der Waals surface area contributed by atoms with Crippen LogP contribution in [-0.2, 0) is 44.1 Å². The van der Waals surface area contributed by atoms with Gasteiger partial charge < -0.3 is 15.2 Å². The molecule has 1 aromatic rings. The molecule has 1 aliphatic heterocycles. The van der Waals surface area contributed by atoms with E-state index in [1.54, 1.807) is 0 Å². The van der Waals surface area contributed by atoms with Gasteiger partial charge in [0.05, 0.1) is 24.1 Å². The number of fused-ring (bicyclic) bond motifs is 3. The lowest BCUT2D eigenvalue weighted by atomic mass is 9.83. The van der Waals surface area contributed by atoms with E-state index in [1.165, 1.54) is 0 Å². The number of nitrogens with two attached hydrogens (primary N) is 1. The fourth-order valence-electron chi connectivity index (χ4n) is 3.95. The summed E-state index contributed by atoms with van der Waals surface area (Å²) >= 11 is 0. The summed E-state index contributed by atoms with van der Waals surface area (Å²) in [6, 6.07) is 0. The molecule has 1 aromatic heterocycles. The van der Waals surface area contributed by atoms with Crippen LogP contribution in [0.3, 0.4) is 0 Å². The van der Waals surface area contributed by atoms with E-state index in [2.05, 4.69) is 0 Å². The first-order valence-electron chi connectivity index (χ1n) is 8.33. The zero-order chi connectivity index (χ0) is 16.0. The lowest BCUT2D eigenvalue weighted by molar-refractivity contribution is -0.232. The molecule has 1 fully saturated rings. The number of carbonyl (C=O) groups is 2. The third kappa shape index (κ3) is 2.28. The van der Waals surface area contributed by atoms with Crippen molar-refractivity contribution in [1.29, 1.82) is 0 Å². The molecule has 1 saturated heterocycles. The van der Waals surface area contributed by atoms with Gasteiger partial charge in [-0.2, -0.15) is 0 Å². The number of nitrogens with zero attached hydrogens (tertiary/aromatic N) is 1. The minimum atomic E-state index is -1.37. The predicted molar refractivity (Wildman–Crippen MR) is 81.3 cm³/mol. The van der Waals surface area contributed by atoms with E-state index < -0.39 is 17.7 Å². The largest absolute Gasteiger partial charge is 0.418 e. The molecule has 0 aromatic carbocycles. The number of aryl methyl sites for hydroxylation is 2. The second kappa shape index (κ2) is 5.22. The summed E-state index contributed by atoms with van der Waals surface area (Å²) in [6.45, 7) is 0. The molecule has 0 atom stereocenters. The maximum absolute atomic E-state index is 12.0. The number of hydrogen-bond donors (Lipinski definition) is 1. The van der Waals surface area contributed by atoms with Crippen LogP contribution in [0.2, 0.25) is 0 Å². The van der Waals surface area contributed by atoms with Gasteiger partial charge in [0.25, 0.3) is 5.79 Å². The van der Waals surface area contributed by atoms with Crippen molar-refractivity contribution < 1.29 is 19.1 Å². The van der Waals surface area contributed by atoms with Gasteiger partial charge in [0.2, 0.25) is 0 Å². The predicted octanol–water partition coefficient (Wildman–Crippen LogP) is 1.91. The molecule has 4 rings (SSSR count). The molecule has 2 aliphatic carbocycles. The lowest BCUT2D eigenvalue weighted by Crippen LogP contribution is -2.40. The van der Waals surface area contributed by atoms with Gasteiger partial charge in [-0.3, -0.25) is 14.6 Å². The summed E-state index contributed by atoms with van der Waals surface area (Å²) in [5, 5.41) is 0. The normalized spacial score (nSPS) is 22.6. The Bertz CT molecular complexity index is 680. The molecule has 3 aliphatic rings. The average Bonchev–Trinajstić information content (AvgIpc) is 2.66. The SMILES string of the molecule is Nc1c2c(nc3c1C1(CCC3)OC(=O)CCC(=O)O1)CCCC2. The summed E-state index contributed by atoms with van der Waals surface area (Å²) in [7, 11) is 0. The molecule has 2 N–H and O–H groups in total. The van der Waals surface area contributed by atoms with Crippen LogP contribution in [-0.4, -0.2) is 16.9 Å². The highest BCUT2D eigenvalue weighted by Crippen LogP contribution is 2.46. The zero-order valence-corrected chi connectivity index (χ0v) is 13.0.